The van der Waals surface area contributed by atoms with E-state index in [9.17, 15) is 4.79 Å². The lowest BCUT2D eigenvalue weighted by atomic mass is 9.90. The summed E-state index contributed by atoms with van der Waals surface area (Å²) in [6.45, 7) is 5.78. The number of thioether (sulfide) groups is 1. The molecule has 0 unspecified atom stereocenters. The van der Waals surface area contributed by atoms with Crippen LogP contribution in [0.2, 0.25) is 0 Å². The first-order chi connectivity index (χ1) is 7.43. The first kappa shape index (κ1) is 13.0. The molecule has 0 aromatic heterocycles. The van der Waals surface area contributed by atoms with Crippen molar-refractivity contribution >= 4 is 23.6 Å². The van der Waals surface area contributed by atoms with Crippen LogP contribution in [-0.4, -0.2) is 12.0 Å². The minimum absolute atomic E-state index is 0.154. The van der Waals surface area contributed by atoms with Gasteiger partial charge in [-0.2, -0.15) is 0 Å². The molecule has 0 N–H and O–H groups in total. The van der Waals surface area contributed by atoms with Gasteiger partial charge < -0.3 is 0 Å². The largest absolute Gasteiger partial charge is 0.294 e. The average molecular weight is 234 g/mol. The molecule has 0 fully saturated rings. The highest BCUT2D eigenvalue weighted by molar-refractivity contribution is 7.98. The van der Waals surface area contributed by atoms with Gasteiger partial charge in [0.1, 0.15) is 0 Å². The molecule has 0 aliphatic carbocycles. The van der Waals surface area contributed by atoms with E-state index < -0.39 is 0 Å². The Hall–Kier alpha value is -1.02. The Morgan fingerprint density at radius 3 is 2.19 bits per heavy atom. The van der Waals surface area contributed by atoms with Crippen molar-refractivity contribution in [3.05, 3.63) is 35.9 Å². The van der Waals surface area contributed by atoms with Crippen LogP contribution >= 0.6 is 11.8 Å². The smallest absolute Gasteiger partial charge is 0.161 e. The fourth-order valence-electron chi connectivity index (χ4n) is 1.14. The van der Waals surface area contributed by atoms with Crippen molar-refractivity contribution < 1.29 is 4.79 Å². The van der Waals surface area contributed by atoms with E-state index >= 15 is 0 Å². The molecule has 16 heavy (non-hydrogen) atoms. The average Bonchev–Trinajstić information content (AvgIpc) is 2.25. The second-order valence-electron chi connectivity index (χ2n) is 4.72. The summed E-state index contributed by atoms with van der Waals surface area (Å²) < 4.78 is 0. The Morgan fingerprint density at radius 2 is 1.75 bits per heavy atom. The van der Waals surface area contributed by atoms with Crippen molar-refractivity contribution in [2.24, 2.45) is 5.41 Å². The summed E-state index contributed by atoms with van der Waals surface area (Å²) >= 11 is 1.72. The third-order valence-electron chi connectivity index (χ3n) is 2.28. The molecular formula is C14H18OS. The van der Waals surface area contributed by atoms with Crippen LogP contribution in [0.5, 0.6) is 0 Å². The SMILES string of the molecule is CSc1ccc(/C=C/C(=O)C(C)(C)C)cc1. The summed E-state index contributed by atoms with van der Waals surface area (Å²) in [5.74, 6) is 0.154. The third kappa shape index (κ3) is 3.86. The number of carbonyl (C=O) groups is 1. The van der Waals surface area contributed by atoms with Gasteiger partial charge in [0.2, 0.25) is 0 Å². The van der Waals surface area contributed by atoms with Crippen LogP contribution in [-0.2, 0) is 4.79 Å². The van der Waals surface area contributed by atoms with Crippen LogP contribution in [0.25, 0.3) is 6.08 Å². The van der Waals surface area contributed by atoms with E-state index in [0.717, 1.165) is 5.56 Å². The summed E-state index contributed by atoms with van der Waals surface area (Å²) in [6, 6.07) is 8.17. The molecule has 1 aromatic carbocycles. The fraction of sp³-hybridized carbons (Fsp3) is 0.357. The van der Waals surface area contributed by atoms with Crippen molar-refractivity contribution in [1.82, 2.24) is 0 Å². The fourth-order valence-corrected chi connectivity index (χ4v) is 1.55. The number of hydrogen-bond acceptors (Lipinski definition) is 2. The standard InChI is InChI=1S/C14H18OS/c1-14(2,3)13(15)10-7-11-5-8-12(16-4)9-6-11/h5-10H,1-4H3/b10-7+. The van der Waals surface area contributed by atoms with Crippen LogP contribution in [0.1, 0.15) is 26.3 Å². The van der Waals surface area contributed by atoms with Gasteiger partial charge in [-0.05, 0) is 30.0 Å². The zero-order chi connectivity index (χ0) is 12.2. The molecule has 1 nitrogen and oxygen atoms in total. The molecule has 2 heteroatoms. The Morgan fingerprint density at radius 1 is 1.19 bits per heavy atom. The summed E-state index contributed by atoms with van der Waals surface area (Å²) in [7, 11) is 0. The lowest BCUT2D eigenvalue weighted by Gasteiger charge is -2.12. The Bertz CT molecular complexity index is 382. The van der Waals surface area contributed by atoms with Gasteiger partial charge in [-0.3, -0.25) is 4.79 Å². The van der Waals surface area contributed by atoms with Gasteiger partial charge in [0.25, 0.3) is 0 Å². The van der Waals surface area contributed by atoms with Gasteiger partial charge in [0.05, 0.1) is 0 Å². The molecule has 0 aliphatic rings. The summed E-state index contributed by atoms with van der Waals surface area (Å²) in [4.78, 5) is 12.9. The van der Waals surface area contributed by atoms with E-state index in [4.69, 9.17) is 0 Å². The minimum atomic E-state index is -0.296. The molecule has 0 bridgehead atoms. The second kappa shape index (κ2) is 5.35. The normalized spacial score (nSPS) is 12.0. The number of ketones is 1. The molecule has 0 aliphatic heterocycles. The summed E-state index contributed by atoms with van der Waals surface area (Å²) in [5, 5.41) is 0. The molecule has 0 spiro atoms. The van der Waals surface area contributed by atoms with Crippen LogP contribution in [0.4, 0.5) is 0 Å². The van der Waals surface area contributed by atoms with E-state index in [1.807, 2.05) is 45.2 Å². The number of rotatable bonds is 3. The maximum absolute atomic E-state index is 11.7. The molecular weight excluding hydrogens is 216 g/mol. The van der Waals surface area contributed by atoms with Gasteiger partial charge in [-0.25, -0.2) is 0 Å². The monoisotopic (exact) mass is 234 g/mol. The van der Waals surface area contributed by atoms with Gasteiger partial charge in [0, 0.05) is 10.3 Å². The van der Waals surface area contributed by atoms with E-state index in [2.05, 4.69) is 12.1 Å². The highest BCUT2D eigenvalue weighted by Gasteiger charge is 2.17. The van der Waals surface area contributed by atoms with E-state index in [1.165, 1.54) is 4.90 Å². The molecule has 1 aromatic rings. The Labute approximate surface area is 102 Å². The zero-order valence-electron chi connectivity index (χ0n) is 10.3. The maximum Gasteiger partial charge on any atom is 0.161 e. The van der Waals surface area contributed by atoms with Crippen molar-refractivity contribution in [2.45, 2.75) is 25.7 Å². The van der Waals surface area contributed by atoms with Crippen molar-refractivity contribution in [2.75, 3.05) is 6.26 Å². The van der Waals surface area contributed by atoms with E-state index in [0.29, 0.717) is 0 Å². The zero-order valence-corrected chi connectivity index (χ0v) is 11.1. The molecule has 0 amide bonds. The quantitative estimate of drug-likeness (QED) is 0.580. The maximum atomic E-state index is 11.7. The Kier molecular flexibility index (Phi) is 4.36. The van der Waals surface area contributed by atoms with Gasteiger partial charge >= 0.3 is 0 Å². The Balaban J connectivity index is 2.73. The third-order valence-corrected chi connectivity index (χ3v) is 3.03. The topological polar surface area (TPSA) is 17.1 Å². The van der Waals surface area contributed by atoms with E-state index in [-0.39, 0.29) is 11.2 Å². The highest BCUT2D eigenvalue weighted by Crippen LogP contribution is 2.18. The molecule has 0 atom stereocenters. The highest BCUT2D eigenvalue weighted by atomic mass is 32.2. The van der Waals surface area contributed by atoms with Crippen molar-refractivity contribution in [3.8, 4) is 0 Å². The molecule has 86 valence electrons. The van der Waals surface area contributed by atoms with Crippen LogP contribution in [0, 0.1) is 5.41 Å². The summed E-state index contributed by atoms with van der Waals surface area (Å²) in [5.41, 5.74) is 0.769. The van der Waals surface area contributed by atoms with Gasteiger partial charge in [-0.1, -0.05) is 39.0 Å². The van der Waals surface area contributed by atoms with E-state index in [1.54, 1.807) is 17.8 Å². The number of carbonyl (C=O) groups excluding carboxylic acids is 1. The second-order valence-corrected chi connectivity index (χ2v) is 5.60. The number of hydrogen-bond donors (Lipinski definition) is 0. The molecule has 0 saturated carbocycles. The molecule has 0 heterocycles. The lowest BCUT2D eigenvalue weighted by Crippen LogP contribution is -2.17. The van der Waals surface area contributed by atoms with Crippen LogP contribution < -0.4 is 0 Å². The lowest BCUT2D eigenvalue weighted by molar-refractivity contribution is -0.121. The van der Waals surface area contributed by atoms with Crippen molar-refractivity contribution in [3.63, 3.8) is 0 Å². The summed E-state index contributed by atoms with van der Waals surface area (Å²) in [6.07, 6.45) is 5.58. The van der Waals surface area contributed by atoms with Gasteiger partial charge in [0.15, 0.2) is 5.78 Å². The molecule has 1 rings (SSSR count). The number of allylic oxidation sites excluding steroid dienone is 1. The van der Waals surface area contributed by atoms with Gasteiger partial charge in [-0.15, -0.1) is 11.8 Å². The molecule has 0 radical (unpaired) electrons. The van der Waals surface area contributed by atoms with Crippen LogP contribution in [0.3, 0.4) is 0 Å². The minimum Gasteiger partial charge on any atom is -0.294 e. The predicted octanol–water partition coefficient (Wildman–Crippen LogP) is 4.04. The predicted molar refractivity (Wildman–Crippen MR) is 71.7 cm³/mol. The first-order valence-electron chi connectivity index (χ1n) is 5.30. The van der Waals surface area contributed by atoms with Crippen molar-refractivity contribution in [1.29, 1.82) is 0 Å². The molecule has 0 saturated heterocycles. The van der Waals surface area contributed by atoms with Crippen LogP contribution in [0.15, 0.2) is 35.2 Å². The number of benzene rings is 1. The first-order valence-corrected chi connectivity index (χ1v) is 6.52.